The van der Waals surface area contributed by atoms with Gasteiger partial charge >= 0.3 is 12.6 Å². The topological polar surface area (TPSA) is 71.1 Å². The number of ketones is 1. The van der Waals surface area contributed by atoms with E-state index in [9.17, 15) is 18.4 Å². The minimum Gasteiger partial charge on any atom is -0.454 e. The van der Waals surface area contributed by atoms with Crippen LogP contribution in [-0.2, 0) is 4.74 Å². The zero-order chi connectivity index (χ0) is 18.7. The highest BCUT2D eigenvalue weighted by molar-refractivity contribution is 6.01. The van der Waals surface area contributed by atoms with Crippen LogP contribution in [0, 0.1) is 6.92 Å². The molecule has 6 nitrogen and oxygen atoms in total. The molecule has 0 atom stereocenters. The zero-order valence-electron chi connectivity index (χ0n) is 13.7. The maximum absolute atomic E-state index is 12.5. The van der Waals surface area contributed by atoms with Crippen molar-refractivity contribution in [3.05, 3.63) is 53.1 Å². The van der Waals surface area contributed by atoms with Crippen molar-refractivity contribution in [2.75, 3.05) is 13.4 Å². The average molecular weight is 364 g/mol. The lowest BCUT2D eigenvalue weighted by Gasteiger charge is -2.11. The van der Waals surface area contributed by atoms with Gasteiger partial charge in [-0.25, -0.2) is 4.79 Å². The van der Waals surface area contributed by atoms with Gasteiger partial charge in [-0.3, -0.25) is 4.79 Å². The molecule has 0 aliphatic carbocycles. The number of esters is 1. The van der Waals surface area contributed by atoms with Gasteiger partial charge in [-0.1, -0.05) is 11.6 Å². The first kappa shape index (κ1) is 17.7. The normalized spacial score (nSPS) is 12.2. The van der Waals surface area contributed by atoms with Crippen LogP contribution < -0.4 is 14.2 Å². The number of alkyl halides is 2. The van der Waals surface area contributed by atoms with E-state index >= 15 is 0 Å². The van der Waals surface area contributed by atoms with Crippen molar-refractivity contribution >= 4 is 11.8 Å². The first-order valence-corrected chi connectivity index (χ1v) is 7.59. The molecule has 0 spiro atoms. The third-order valence-corrected chi connectivity index (χ3v) is 3.59. The smallest absolute Gasteiger partial charge is 0.387 e. The summed E-state index contributed by atoms with van der Waals surface area (Å²) in [4.78, 5) is 24.4. The summed E-state index contributed by atoms with van der Waals surface area (Å²) in [6.45, 7) is -1.93. The SMILES string of the molecule is Cc1ccc(OC(F)F)c(C(=O)COC(=O)c2ccc3c(c2)OCO3)c1. The summed E-state index contributed by atoms with van der Waals surface area (Å²) in [7, 11) is 0. The quantitative estimate of drug-likeness (QED) is 0.578. The third kappa shape index (κ3) is 3.90. The summed E-state index contributed by atoms with van der Waals surface area (Å²) in [5.74, 6) is -0.767. The van der Waals surface area contributed by atoms with Crippen LogP contribution in [0.1, 0.15) is 26.3 Å². The van der Waals surface area contributed by atoms with Gasteiger partial charge in [0.25, 0.3) is 0 Å². The number of halogens is 2. The largest absolute Gasteiger partial charge is 0.454 e. The second-order valence-electron chi connectivity index (χ2n) is 5.45. The third-order valence-electron chi connectivity index (χ3n) is 3.59. The maximum atomic E-state index is 12.5. The number of fused-ring (bicyclic) bond motifs is 1. The fourth-order valence-electron chi connectivity index (χ4n) is 2.38. The van der Waals surface area contributed by atoms with Crippen LogP contribution in [0.4, 0.5) is 8.78 Å². The van der Waals surface area contributed by atoms with Gasteiger partial charge in [0.1, 0.15) is 5.75 Å². The second-order valence-corrected chi connectivity index (χ2v) is 5.45. The standard InChI is InChI=1S/C18H14F2O6/c1-10-2-4-14(26-18(19)20)12(6-10)13(21)8-23-17(22)11-3-5-15-16(7-11)25-9-24-15/h2-7,18H,8-9H2,1H3. The lowest BCUT2D eigenvalue weighted by atomic mass is 10.1. The summed E-state index contributed by atoms with van der Waals surface area (Å²) in [6.07, 6.45) is 0. The second kappa shape index (κ2) is 7.38. The Labute approximate surface area is 147 Å². The van der Waals surface area contributed by atoms with E-state index in [1.807, 2.05) is 0 Å². The summed E-state index contributed by atoms with van der Waals surface area (Å²) < 4.78 is 44.6. The van der Waals surface area contributed by atoms with E-state index in [1.54, 1.807) is 13.0 Å². The maximum Gasteiger partial charge on any atom is 0.387 e. The van der Waals surface area contributed by atoms with E-state index in [1.165, 1.54) is 30.3 Å². The van der Waals surface area contributed by atoms with Gasteiger partial charge in [0.05, 0.1) is 11.1 Å². The van der Waals surface area contributed by atoms with E-state index < -0.39 is 25.0 Å². The zero-order valence-corrected chi connectivity index (χ0v) is 13.7. The van der Waals surface area contributed by atoms with Gasteiger partial charge in [-0.05, 0) is 37.3 Å². The predicted molar refractivity (Wildman–Crippen MR) is 85.0 cm³/mol. The molecule has 1 aliphatic rings. The van der Waals surface area contributed by atoms with E-state index in [-0.39, 0.29) is 23.7 Å². The number of hydrogen-bond donors (Lipinski definition) is 0. The molecule has 1 aliphatic heterocycles. The van der Waals surface area contributed by atoms with E-state index in [0.717, 1.165) is 0 Å². The molecule has 0 saturated carbocycles. The molecule has 0 amide bonds. The molecule has 0 N–H and O–H groups in total. The number of carbonyl (C=O) groups excluding carboxylic acids is 2. The average Bonchev–Trinajstić information content (AvgIpc) is 3.08. The first-order valence-electron chi connectivity index (χ1n) is 7.59. The Morgan fingerprint density at radius 2 is 1.88 bits per heavy atom. The van der Waals surface area contributed by atoms with Crippen LogP contribution >= 0.6 is 0 Å². The summed E-state index contributed by atoms with van der Waals surface area (Å²) in [5, 5.41) is 0. The number of rotatable bonds is 6. The van der Waals surface area contributed by atoms with Crippen molar-refractivity contribution in [2.24, 2.45) is 0 Å². The molecule has 0 aromatic heterocycles. The molecule has 1 heterocycles. The molecule has 0 bridgehead atoms. The Morgan fingerprint density at radius 3 is 2.65 bits per heavy atom. The van der Waals surface area contributed by atoms with Crippen LogP contribution in [0.25, 0.3) is 0 Å². The van der Waals surface area contributed by atoms with Gasteiger partial charge in [-0.2, -0.15) is 8.78 Å². The molecule has 2 aromatic rings. The molecule has 136 valence electrons. The van der Waals surface area contributed by atoms with Gasteiger partial charge < -0.3 is 18.9 Å². The summed E-state index contributed by atoms with van der Waals surface area (Å²) in [5.41, 5.74) is 0.774. The van der Waals surface area contributed by atoms with Gasteiger partial charge in [0.2, 0.25) is 12.6 Å². The minimum absolute atomic E-state index is 0.0621. The van der Waals surface area contributed by atoms with E-state index in [4.69, 9.17) is 14.2 Å². The number of ether oxygens (including phenoxy) is 4. The van der Waals surface area contributed by atoms with Crippen LogP contribution in [0.3, 0.4) is 0 Å². The molecule has 3 rings (SSSR count). The number of carbonyl (C=O) groups is 2. The fourth-order valence-corrected chi connectivity index (χ4v) is 2.38. The minimum atomic E-state index is -3.07. The molecular weight excluding hydrogens is 350 g/mol. The Morgan fingerprint density at radius 1 is 1.12 bits per heavy atom. The van der Waals surface area contributed by atoms with Crippen LogP contribution in [0.15, 0.2) is 36.4 Å². The van der Waals surface area contributed by atoms with Crippen LogP contribution in [0.5, 0.6) is 17.2 Å². The fraction of sp³-hybridized carbons (Fsp3) is 0.222. The Kier molecular flexibility index (Phi) is 5.01. The van der Waals surface area contributed by atoms with Crippen molar-refractivity contribution in [2.45, 2.75) is 13.5 Å². The Balaban J connectivity index is 1.69. The lowest BCUT2D eigenvalue weighted by molar-refractivity contribution is -0.0502. The highest BCUT2D eigenvalue weighted by atomic mass is 19.3. The number of hydrogen-bond acceptors (Lipinski definition) is 6. The molecule has 0 saturated heterocycles. The molecule has 0 radical (unpaired) electrons. The highest BCUT2D eigenvalue weighted by Gasteiger charge is 2.20. The monoisotopic (exact) mass is 364 g/mol. The van der Waals surface area contributed by atoms with E-state index in [2.05, 4.69) is 4.74 Å². The van der Waals surface area contributed by atoms with Gasteiger partial charge in [0, 0.05) is 0 Å². The summed E-state index contributed by atoms with van der Waals surface area (Å²) in [6, 6.07) is 8.66. The first-order chi connectivity index (χ1) is 12.4. The molecule has 0 unspecified atom stereocenters. The Hall–Kier alpha value is -3.16. The van der Waals surface area contributed by atoms with Crippen LogP contribution in [0.2, 0.25) is 0 Å². The molecule has 8 heteroatoms. The summed E-state index contributed by atoms with van der Waals surface area (Å²) >= 11 is 0. The van der Waals surface area contributed by atoms with Crippen molar-refractivity contribution < 1.29 is 37.3 Å². The highest BCUT2D eigenvalue weighted by Crippen LogP contribution is 2.32. The molecule has 26 heavy (non-hydrogen) atoms. The molecule has 2 aromatic carbocycles. The number of benzene rings is 2. The lowest BCUT2D eigenvalue weighted by Crippen LogP contribution is -2.16. The van der Waals surface area contributed by atoms with Gasteiger partial charge in [-0.15, -0.1) is 0 Å². The molecular formula is C18H14F2O6. The van der Waals surface area contributed by atoms with E-state index in [0.29, 0.717) is 17.1 Å². The number of Topliss-reactive ketones (excluding diaryl/α,β-unsaturated/α-hetero) is 1. The van der Waals surface area contributed by atoms with Crippen LogP contribution in [-0.4, -0.2) is 31.8 Å². The molecule has 0 fully saturated rings. The van der Waals surface area contributed by atoms with Gasteiger partial charge in [0.15, 0.2) is 18.1 Å². The van der Waals surface area contributed by atoms with Crippen molar-refractivity contribution in [3.8, 4) is 17.2 Å². The van der Waals surface area contributed by atoms with Crippen molar-refractivity contribution in [3.63, 3.8) is 0 Å². The van der Waals surface area contributed by atoms with Crippen molar-refractivity contribution in [1.82, 2.24) is 0 Å². The number of aryl methyl sites for hydroxylation is 1. The Bertz CT molecular complexity index is 850. The predicted octanol–water partition coefficient (Wildman–Crippen LogP) is 3.36. The van der Waals surface area contributed by atoms with Crippen molar-refractivity contribution in [1.29, 1.82) is 0 Å².